The van der Waals surface area contributed by atoms with E-state index in [0.717, 1.165) is 38.4 Å². The highest BCUT2D eigenvalue weighted by Crippen LogP contribution is 2.47. The van der Waals surface area contributed by atoms with E-state index in [1.807, 2.05) is 29.0 Å². The molecule has 0 radical (unpaired) electrons. The number of halogens is 1. The maximum absolute atomic E-state index is 13.5. The predicted octanol–water partition coefficient (Wildman–Crippen LogP) is 3.66. The van der Waals surface area contributed by atoms with Crippen LogP contribution in [-0.2, 0) is 37.0 Å². The summed E-state index contributed by atoms with van der Waals surface area (Å²) in [7, 11) is -2.46. The molecule has 12 heteroatoms. The van der Waals surface area contributed by atoms with Crippen molar-refractivity contribution in [1.29, 1.82) is 0 Å². The minimum Gasteiger partial charge on any atom is -0.490 e. The van der Waals surface area contributed by atoms with Gasteiger partial charge in [0.15, 0.2) is 5.60 Å². The van der Waals surface area contributed by atoms with Crippen molar-refractivity contribution >= 4 is 39.1 Å². The topological polar surface area (TPSA) is 136 Å². The van der Waals surface area contributed by atoms with Crippen molar-refractivity contribution in [2.75, 3.05) is 44.4 Å². The van der Waals surface area contributed by atoms with Crippen LogP contribution in [0.25, 0.3) is 0 Å². The van der Waals surface area contributed by atoms with Crippen LogP contribution in [0.2, 0.25) is 5.02 Å². The molecule has 6 rings (SSSR count). The number of allylic oxidation sites excluding steroid dienone is 1. The molecular formula is C35H44ClN3O7S. The largest absolute Gasteiger partial charge is 0.490 e. The van der Waals surface area contributed by atoms with Gasteiger partial charge in [-0.2, -0.15) is 0 Å². The van der Waals surface area contributed by atoms with Crippen molar-refractivity contribution in [1.82, 2.24) is 9.62 Å². The smallest absolute Gasteiger partial charge is 0.270 e. The van der Waals surface area contributed by atoms with Gasteiger partial charge in [0.2, 0.25) is 15.9 Å². The Kier molecular flexibility index (Phi) is 9.38. The number of carbonyl (C=O) groups excluding carboxylic acids is 2. The molecule has 1 saturated carbocycles. The van der Waals surface area contributed by atoms with Gasteiger partial charge in [0.05, 0.1) is 31.1 Å². The molecule has 10 nitrogen and oxygen atoms in total. The highest BCUT2D eigenvalue weighted by molar-refractivity contribution is 7.89. The molecule has 3 N–H and O–H groups in total. The van der Waals surface area contributed by atoms with Crippen molar-refractivity contribution in [2.45, 2.75) is 68.5 Å². The Balaban J connectivity index is 1.47. The fraction of sp³-hybridized carbons (Fsp3) is 0.543. The van der Waals surface area contributed by atoms with Gasteiger partial charge in [-0.05, 0) is 97.7 Å². The van der Waals surface area contributed by atoms with E-state index in [0.29, 0.717) is 55.5 Å². The number of benzene rings is 2. The zero-order valence-electron chi connectivity index (χ0n) is 27.0. The first-order valence-electron chi connectivity index (χ1n) is 16.4. The molecular weight excluding hydrogens is 642 g/mol. The third-order valence-corrected chi connectivity index (χ3v) is 11.4. The van der Waals surface area contributed by atoms with Gasteiger partial charge >= 0.3 is 0 Å². The lowest BCUT2D eigenvalue weighted by Crippen LogP contribution is -2.50. The second kappa shape index (κ2) is 13.1. The van der Waals surface area contributed by atoms with Gasteiger partial charge in [0.1, 0.15) is 5.75 Å². The average Bonchev–Trinajstić information content (AvgIpc) is 3.14. The molecule has 2 bridgehead atoms. The Morgan fingerprint density at radius 2 is 1.96 bits per heavy atom. The first-order chi connectivity index (χ1) is 22.3. The Morgan fingerprint density at radius 3 is 2.70 bits per heavy atom. The van der Waals surface area contributed by atoms with Gasteiger partial charge in [-0.15, -0.1) is 0 Å². The summed E-state index contributed by atoms with van der Waals surface area (Å²) in [5, 5.41) is 23.9. The van der Waals surface area contributed by atoms with E-state index in [2.05, 4.69) is 11.0 Å². The Bertz CT molecular complexity index is 1680. The second-order valence-electron chi connectivity index (χ2n) is 13.9. The van der Waals surface area contributed by atoms with E-state index in [4.69, 9.17) is 16.3 Å². The van der Waals surface area contributed by atoms with Crippen LogP contribution in [0, 0.1) is 11.8 Å². The monoisotopic (exact) mass is 685 g/mol. The number of anilines is 1. The molecule has 2 aliphatic heterocycles. The number of ether oxygens (including phenoxy) is 1. The number of nitrogens with one attached hydrogen (secondary N) is 1. The third kappa shape index (κ3) is 6.90. The second-order valence-corrected chi connectivity index (χ2v) is 16.1. The minimum atomic E-state index is -4.05. The molecule has 0 aromatic heterocycles. The molecule has 2 aliphatic carbocycles. The summed E-state index contributed by atoms with van der Waals surface area (Å²) in [6, 6.07) is 10.9. The first-order valence-corrected chi connectivity index (χ1v) is 18.7. The van der Waals surface area contributed by atoms with Crippen molar-refractivity contribution in [3.63, 3.8) is 0 Å². The molecule has 0 unspecified atom stereocenters. The molecule has 2 aromatic rings. The predicted molar refractivity (Wildman–Crippen MR) is 180 cm³/mol. The molecule has 254 valence electrons. The molecule has 2 aromatic carbocycles. The zero-order chi connectivity index (χ0) is 33.6. The third-order valence-electron chi connectivity index (χ3n) is 10.6. The maximum Gasteiger partial charge on any atom is 0.270 e. The molecule has 2 amide bonds. The van der Waals surface area contributed by atoms with Crippen LogP contribution in [0.5, 0.6) is 5.75 Å². The Morgan fingerprint density at radius 1 is 1.15 bits per heavy atom. The summed E-state index contributed by atoms with van der Waals surface area (Å²) in [6.07, 6.45) is 9.29. The summed E-state index contributed by atoms with van der Waals surface area (Å²) in [6.45, 7) is 1.96. The molecule has 1 fully saturated rings. The van der Waals surface area contributed by atoms with E-state index in [1.54, 1.807) is 19.2 Å². The summed E-state index contributed by atoms with van der Waals surface area (Å²) < 4.78 is 32.8. The van der Waals surface area contributed by atoms with E-state index in [1.165, 1.54) is 22.1 Å². The number of sulfonamides is 1. The van der Waals surface area contributed by atoms with E-state index in [-0.39, 0.29) is 22.8 Å². The lowest BCUT2D eigenvalue weighted by atomic mass is 9.68. The number of hydrogen-bond acceptors (Lipinski definition) is 8. The van der Waals surface area contributed by atoms with Crippen LogP contribution < -0.4 is 14.4 Å². The van der Waals surface area contributed by atoms with E-state index < -0.39 is 40.0 Å². The van der Waals surface area contributed by atoms with Gasteiger partial charge in [-0.1, -0.05) is 35.9 Å². The van der Waals surface area contributed by atoms with Crippen LogP contribution in [0.3, 0.4) is 0 Å². The average molecular weight is 686 g/mol. The SMILES string of the molecule is CN1CCC/C=C\[C@H](O)[C@@H]2CC[C@H]2CN2C[C@@]3(CCCc4cc(Cl)ccc43)COc3ccc(cc32)[C@](O)(C(=O)NS(C)(=O)=O)CC1=O. The van der Waals surface area contributed by atoms with Gasteiger partial charge < -0.3 is 24.7 Å². The minimum absolute atomic E-state index is 0.0767. The number of nitrogens with zero attached hydrogens (tertiary/aromatic N) is 2. The maximum atomic E-state index is 13.5. The Labute approximate surface area is 281 Å². The summed E-state index contributed by atoms with van der Waals surface area (Å²) in [4.78, 5) is 30.6. The molecule has 2 heterocycles. The van der Waals surface area contributed by atoms with Crippen LogP contribution in [0.4, 0.5) is 5.69 Å². The quantitative estimate of drug-likeness (QED) is 0.408. The lowest BCUT2D eigenvalue weighted by Gasteiger charge is -2.45. The first kappa shape index (κ1) is 33.8. The van der Waals surface area contributed by atoms with Crippen LogP contribution >= 0.6 is 11.6 Å². The fourth-order valence-corrected chi connectivity index (χ4v) is 8.50. The van der Waals surface area contributed by atoms with Crippen LogP contribution in [0.15, 0.2) is 48.6 Å². The molecule has 4 aliphatic rings. The van der Waals surface area contributed by atoms with E-state index in [9.17, 15) is 28.2 Å². The van der Waals surface area contributed by atoms with Crippen molar-refractivity contribution in [3.05, 3.63) is 70.3 Å². The van der Waals surface area contributed by atoms with Crippen LogP contribution in [-0.4, -0.2) is 81.0 Å². The summed E-state index contributed by atoms with van der Waals surface area (Å²) in [5.41, 5.74) is 0.284. The molecule has 0 saturated heterocycles. The molecule has 1 spiro atoms. The lowest BCUT2D eigenvalue weighted by molar-refractivity contribution is -0.148. The number of hydrogen-bond donors (Lipinski definition) is 3. The number of carbonyl (C=O) groups is 2. The number of aryl methyl sites for hydroxylation is 1. The van der Waals surface area contributed by atoms with Crippen molar-refractivity contribution in [3.8, 4) is 5.75 Å². The van der Waals surface area contributed by atoms with Gasteiger partial charge in [-0.25, -0.2) is 8.42 Å². The fourth-order valence-electron chi connectivity index (χ4n) is 7.79. The van der Waals surface area contributed by atoms with Crippen molar-refractivity contribution in [2.24, 2.45) is 11.8 Å². The standard InChI is InChI=1S/C35H44ClN3O7S/c1-38-16-5-3-4-8-30(40)27-12-9-24(27)20-39-21-34(15-6-7-23-17-26(36)11-13-28(23)34)22-46-31-14-10-25(18-29(31)39)35(43,19-32(38)41)33(42)37-47(2,44)45/h4,8,10-11,13-14,17-18,24,27,30,40,43H,3,5-7,9,12,15-16,19-22H2,1-2H3,(H,37,42)/b8-4-/t24-,27+,30-,34-,35-/m0/s1. The number of aliphatic hydroxyl groups excluding tert-OH is 1. The number of amides is 2. The summed E-state index contributed by atoms with van der Waals surface area (Å²) in [5.74, 6) is -0.879. The summed E-state index contributed by atoms with van der Waals surface area (Å²) >= 11 is 6.41. The van der Waals surface area contributed by atoms with Gasteiger partial charge in [0, 0.05) is 37.1 Å². The highest BCUT2D eigenvalue weighted by atomic mass is 35.5. The zero-order valence-corrected chi connectivity index (χ0v) is 28.5. The highest BCUT2D eigenvalue weighted by Gasteiger charge is 2.46. The Hall–Kier alpha value is -3.12. The number of aliphatic hydroxyl groups is 2. The normalized spacial score (nSPS) is 30.6. The van der Waals surface area contributed by atoms with Crippen LogP contribution in [0.1, 0.15) is 61.6 Å². The number of fused-ring (bicyclic) bond motifs is 4. The molecule has 5 atom stereocenters. The van der Waals surface area contributed by atoms with Gasteiger partial charge in [-0.3, -0.25) is 14.3 Å². The van der Waals surface area contributed by atoms with Crippen molar-refractivity contribution < 1.29 is 33.0 Å². The number of rotatable bonds is 2. The van der Waals surface area contributed by atoms with Gasteiger partial charge in [0.25, 0.3) is 5.91 Å². The van der Waals surface area contributed by atoms with E-state index >= 15 is 0 Å². The molecule has 47 heavy (non-hydrogen) atoms.